The number of unbranched alkanes of at least 4 members (excludes halogenated alkanes) is 2. The van der Waals surface area contributed by atoms with E-state index in [1.807, 2.05) is 23.5 Å². The maximum atomic E-state index is 4.24. The van der Waals surface area contributed by atoms with Crippen LogP contribution >= 0.6 is 23.5 Å². The maximum Gasteiger partial charge on any atom is 0.155 e. The Bertz CT molecular complexity index is 443. The molecule has 1 aromatic rings. The first-order chi connectivity index (χ1) is 9.85. The lowest BCUT2D eigenvalue weighted by molar-refractivity contribution is 0.661. The van der Waals surface area contributed by atoms with Crippen molar-refractivity contribution in [2.24, 2.45) is 0 Å². The molecule has 0 amide bonds. The van der Waals surface area contributed by atoms with Crippen molar-refractivity contribution in [2.45, 2.75) is 39.5 Å². The summed E-state index contributed by atoms with van der Waals surface area (Å²) in [7, 11) is 0. The van der Waals surface area contributed by atoms with Crippen LogP contribution in [0.25, 0.3) is 4.91 Å². The Balaban J connectivity index is 2.12. The first-order valence-electron chi connectivity index (χ1n) is 7.25. The van der Waals surface area contributed by atoms with Crippen molar-refractivity contribution in [3.63, 3.8) is 0 Å². The molecule has 0 radical (unpaired) electrons. The molecule has 2 heterocycles. The van der Waals surface area contributed by atoms with E-state index in [0.717, 1.165) is 29.7 Å². The fourth-order valence-electron chi connectivity index (χ4n) is 1.99. The van der Waals surface area contributed by atoms with Crippen molar-refractivity contribution in [3.05, 3.63) is 17.2 Å². The Morgan fingerprint density at radius 2 is 1.90 bits per heavy atom. The average Bonchev–Trinajstić information content (AvgIpc) is 3.02. The van der Waals surface area contributed by atoms with Crippen LogP contribution in [0.1, 0.15) is 45.2 Å². The zero-order chi connectivity index (χ0) is 14.2. The number of thioether (sulfide) groups is 2. The van der Waals surface area contributed by atoms with Gasteiger partial charge in [-0.2, -0.15) is 0 Å². The number of anilines is 1. The summed E-state index contributed by atoms with van der Waals surface area (Å²) in [4.78, 5) is 3.57. The van der Waals surface area contributed by atoms with Gasteiger partial charge in [0.05, 0.1) is 0 Å². The second kappa shape index (κ2) is 8.52. The summed E-state index contributed by atoms with van der Waals surface area (Å²) in [5.41, 5.74) is 0.961. The quantitative estimate of drug-likeness (QED) is 0.722. The van der Waals surface area contributed by atoms with Gasteiger partial charge in [0, 0.05) is 29.1 Å². The lowest BCUT2D eigenvalue weighted by Gasteiger charge is -2.22. The SMILES string of the molecule is CCCCN(CCCC)c1cc(C2=CSCS2)nnn1. The molecular weight excluding hydrogens is 288 g/mol. The summed E-state index contributed by atoms with van der Waals surface area (Å²) in [5.74, 6) is 0.968. The van der Waals surface area contributed by atoms with Crippen molar-refractivity contribution < 1.29 is 0 Å². The molecule has 1 aromatic heterocycles. The largest absolute Gasteiger partial charge is 0.355 e. The van der Waals surface area contributed by atoms with Gasteiger partial charge in [0.2, 0.25) is 0 Å². The number of rotatable bonds is 8. The molecule has 6 heteroatoms. The van der Waals surface area contributed by atoms with Gasteiger partial charge in [0.15, 0.2) is 5.82 Å². The van der Waals surface area contributed by atoms with Crippen LogP contribution in [-0.2, 0) is 0 Å². The molecule has 2 rings (SSSR count). The van der Waals surface area contributed by atoms with E-state index in [1.165, 1.54) is 30.6 Å². The minimum Gasteiger partial charge on any atom is -0.355 e. The number of hydrogen-bond acceptors (Lipinski definition) is 6. The molecule has 110 valence electrons. The predicted octanol–water partition coefficient (Wildman–Crippen LogP) is 4.01. The van der Waals surface area contributed by atoms with E-state index in [-0.39, 0.29) is 0 Å². The van der Waals surface area contributed by atoms with Crippen molar-refractivity contribution >= 4 is 34.2 Å². The molecule has 0 N–H and O–H groups in total. The van der Waals surface area contributed by atoms with Crippen molar-refractivity contribution in [1.82, 2.24) is 15.4 Å². The minimum absolute atomic E-state index is 0.961. The average molecular weight is 310 g/mol. The monoisotopic (exact) mass is 310 g/mol. The summed E-state index contributed by atoms with van der Waals surface area (Å²) >= 11 is 3.65. The highest BCUT2D eigenvalue weighted by molar-refractivity contribution is 8.25. The molecule has 0 unspecified atom stereocenters. The standard InChI is InChI=1S/C14H22N4S2/c1-3-5-7-18(8-6-4-2)14-9-12(15-17-16-14)13-10-19-11-20-13/h9-10H,3-8,11H2,1-2H3. The van der Waals surface area contributed by atoms with Gasteiger partial charge in [-0.15, -0.1) is 33.7 Å². The molecule has 1 aliphatic rings. The van der Waals surface area contributed by atoms with Crippen LogP contribution in [0.5, 0.6) is 0 Å². The van der Waals surface area contributed by atoms with Crippen LogP contribution in [-0.4, -0.2) is 33.6 Å². The predicted molar refractivity (Wildman–Crippen MR) is 89.9 cm³/mol. The van der Waals surface area contributed by atoms with Crippen LogP contribution in [0.3, 0.4) is 0 Å². The lowest BCUT2D eigenvalue weighted by atomic mass is 10.2. The highest BCUT2D eigenvalue weighted by atomic mass is 32.2. The van der Waals surface area contributed by atoms with Gasteiger partial charge in [-0.3, -0.25) is 0 Å². The summed E-state index contributed by atoms with van der Waals surface area (Å²) in [6.45, 7) is 6.54. The van der Waals surface area contributed by atoms with Gasteiger partial charge in [-0.1, -0.05) is 26.7 Å². The van der Waals surface area contributed by atoms with Crippen molar-refractivity contribution in [3.8, 4) is 0 Å². The molecule has 1 aliphatic heterocycles. The lowest BCUT2D eigenvalue weighted by Crippen LogP contribution is -2.27. The summed E-state index contributed by atoms with van der Waals surface area (Å²) in [5, 5.41) is 15.6. The molecule has 20 heavy (non-hydrogen) atoms. The van der Waals surface area contributed by atoms with E-state index < -0.39 is 0 Å². The van der Waals surface area contributed by atoms with E-state index in [0.29, 0.717) is 0 Å². The van der Waals surface area contributed by atoms with E-state index in [4.69, 9.17) is 0 Å². The molecule has 0 saturated heterocycles. The van der Waals surface area contributed by atoms with E-state index >= 15 is 0 Å². The Hall–Kier alpha value is -0.750. The third-order valence-corrected chi connectivity index (χ3v) is 5.38. The molecule has 0 saturated carbocycles. The zero-order valence-corrected chi connectivity index (χ0v) is 13.8. The third-order valence-electron chi connectivity index (χ3n) is 3.18. The molecule has 0 fully saturated rings. The van der Waals surface area contributed by atoms with E-state index in [9.17, 15) is 0 Å². The summed E-state index contributed by atoms with van der Waals surface area (Å²) in [6, 6.07) is 2.09. The van der Waals surface area contributed by atoms with Crippen LogP contribution in [0.4, 0.5) is 5.82 Å². The molecule has 0 aliphatic carbocycles. The molecule has 4 nitrogen and oxygen atoms in total. The van der Waals surface area contributed by atoms with Gasteiger partial charge < -0.3 is 4.90 Å². The van der Waals surface area contributed by atoms with Gasteiger partial charge in [-0.25, -0.2) is 0 Å². The maximum absolute atomic E-state index is 4.24. The van der Waals surface area contributed by atoms with Gasteiger partial charge in [0.25, 0.3) is 0 Å². The van der Waals surface area contributed by atoms with Gasteiger partial charge >= 0.3 is 0 Å². The molecule has 0 aromatic carbocycles. The Morgan fingerprint density at radius 3 is 2.50 bits per heavy atom. The topological polar surface area (TPSA) is 41.9 Å². The van der Waals surface area contributed by atoms with Crippen molar-refractivity contribution in [1.29, 1.82) is 0 Å². The smallest absolute Gasteiger partial charge is 0.155 e. The van der Waals surface area contributed by atoms with Crippen LogP contribution < -0.4 is 4.90 Å². The Kier molecular flexibility index (Phi) is 6.66. The Morgan fingerprint density at radius 1 is 1.15 bits per heavy atom. The molecule has 0 atom stereocenters. The first-order valence-corrected chi connectivity index (χ1v) is 9.29. The number of hydrogen-bond donors (Lipinski definition) is 0. The third kappa shape index (κ3) is 4.38. The van der Waals surface area contributed by atoms with Crippen LogP contribution in [0.2, 0.25) is 0 Å². The number of aromatic nitrogens is 3. The first kappa shape index (κ1) is 15.6. The van der Waals surface area contributed by atoms with Gasteiger partial charge in [-0.05, 0) is 23.5 Å². The van der Waals surface area contributed by atoms with Crippen LogP contribution in [0, 0.1) is 0 Å². The Labute approximate surface area is 129 Å². The molecule has 0 spiro atoms. The van der Waals surface area contributed by atoms with Crippen molar-refractivity contribution in [2.75, 3.05) is 23.1 Å². The van der Waals surface area contributed by atoms with Gasteiger partial charge in [0.1, 0.15) is 5.69 Å². The van der Waals surface area contributed by atoms with E-state index in [1.54, 1.807) is 0 Å². The molecular formula is C14H22N4S2. The number of nitrogens with zero attached hydrogens (tertiary/aromatic N) is 4. The highest BCUT2D eigenvalue weighted by Gasteiger charge is 2.14. The fourth-order valence-corrected chi connectivity index (χ4v) is 4.03. The highest BCUT2D eigenvalue weighted by Crippen LogP contribution is 2.38. The zero-order valence-electron chi connectivity index (χ0n) is 12.2. The summed E-state index contributed by atoms with van der Waals surface area (Å²) in [6.07, 6.45) is 4.78. The van der Waals surface area contributed by atoms with Crippen LogP contribution in [0.15, 0.2) is 11.5 Å². The fraction of sp³-hybridized carbons (Fsp3) is 0.643. The normalized spacial score (nSPS) is 14.4. The summed E-state index contributed by atoms with van der Waals surface area (Å²) < 4.78 is 0. The second-order valence-electron chi connectivity index (χ2n) is 4.78. The van der Waals surface area contributed by atoms with E-state index in [2.05, 4.69) is 45.6 Å². The second-order valence-corrected chi connectivity index (χ2v) is 7.02. The minimum atomic E-state index is 0.961. The molecule has 0 bridgehead atoms.